The van der Waals surface area contributed by atoms with Crippen LogP contribution in [0.4, 0.5) is 0 Å². The van der Waals surface area contributed by atoms with E-state index in [-0.39, 0.29) is 17.6 Å². The largest absolute Gasteiger partial charge is 0.508 e. The third-order valence-corrected chi connectivity index (χ3v) is 10.4. The lowest BCUT2D eigenvalue weighted by Gasteiger charge is -2.29. The lowest BCUT2D eigenvalue weighted by atomic mass is 9.74. The minimum atomic E-state index is -0.0363. The summed E-state index contributed by atoms with van der Waals surface area (Å²) < 4.78 is 0. The molecule has 1 N–H and O–H groups in total. The summed E-state index contributed by atoms with van der Waals surface area (Å²) in [4.78, 5) is 6.95. The number of fused-ring (bicyclic) bond motifs is 5. The van der Waals surface area contributed by atoms with Gasteiger partial charge in [-0.25, -0.2) is 0 Å². The first kappa shape index (κ1) is 30.7. The average molecular weight is 627 g/mol. The Bertz CT molecular complexity index is 2040. The molecule has 0 radical (unpaired) electrons. The van der Waals surface area contributed by atoms with Gasteiger partial charge in [0.15, 0.2) is 0 Å². The maximum Gasteiger partial charge on any atom is 0.116 e. The van der Waals surface area contributed by atoms with Gasteiger partial charge in [-0.2, -0.15) is 0 Å². The van der Waals surface area contributed by atoms with Crippen LogP contribution in [0.25, 0.3) is 18.2 Å². The zero-order valence-corrected chi connectivity index (χ0v) is 27.7. The molecule has 46 heavy (non-hydrogen) atoms. The lowest BCUT2D eigenvalue weighted by Crippen LogP contribution is -2.26. The summed E-state index contributed by atoms with van der Waals surface area (Å²) in [5, 5.41) is 16.2. The molecule has 4 aromatic rings. The molecule has 4 aromatic carbocycles. The van der Waals surface area contributed by atoms with Crippen LogP contribution in [-0.2, 0) is 6.42 Å². The van der Waals surface area contributed by atoms with Gasteiger partial charge in [-0.05, 0) is 137 Å². The maximum absolute atomic E-state index is 10.3. The number of hydrogen-bond donors (Lipinski definition) is 1. The van der Waals surface area contributed by atoms with Crippen LogP contribution in [0.5, 0.6) is 5.75 Å². The zero-order chi connectivity index (χ0) is 31.6. The second kappa shape index (κ2) is 13.4. The minimum Gasteiger partial charge on any atom is -0.508 e. The van der Waals surface area contributed by atoms with Gasteiger partial charge in [-0.3, -0.25) is 4.99 Å². The van der Waals surface area contributed by atoms with Crippen molar-refractivity contribution in [3.8, 4) is 5.75 Å². The highest BCUT2D eigenvalue weighted by Gasteiger charge is 2.28. The van der Waals surface area contributed by atoms with E-state index in [4.69, 9.17) is 11.6 Å². The Labute approximate surface area is 277 Å². The summed E-state index contributed by atoms with van der Waals surface area (Å²) >= 11 is 6.60. The number of benzene rings is 4. The normalized spacial score (nSPS) is 19.3. The molecule has 4 heteroatoms. The molecule has 3 unspecified atom stereocenters. The molecule has 1 aliphatic heterocycles. The third-order valence-electron chi connectivity index (χ3n) is 10.1. The standard InChI is InChI=1S/C42H43ClN2O/c1-45(2)22-8-4-3-5-9-28-12-13-29-14-17-38-35-18-15-32(43)24-31(35)26-40(42(38)39(29)23-28)36-10-6-7-11-37(36)41-27-44-21-20-30-25-33(46)16-19-34(30)41/h6-7,10-11,13-21,24-28,40-41,46H,3-5,8-9,12,22-23H2,1-2H3. The molecule has 0 saturated heterocycles. The van der Waals surface area contributed by atoms with Gasteiger partial charge < -0.3 is 10.0 Å². The van der Waals surface area contributed by atoms with Crippen molar-refractivity contribution in [3.05, 3.63) is 138 Å². The second-order valence-electron chi connectivity index (χ2n) is 13.5. The van der Waals surface area contributed by atoms with E-state index in [9.17, 15) is 5.11 Å². The van der Waals surface area contributed by atoms with Crippen LogP contribution in [0.3, 0.4) is 0 Å². The molecule has 0 fully saturated rings. The number of aliphatic imine (C=N–C) groups is 1. The fraction of sp³-hybridized carbons (Fsp3) is 0.310. The highest BCUT2D eigenvalue weighted by molar-refractivity contribution is 6.30. The van der Waals surface area contributed by atoms with Gasteiger partial charge in [0, 0.05) is 29.3 Å². The number of phenolic OH excluding ortho intramolecular Hbond substituents is 1. The van der Waals surface area contributed by atoms with E-state index in [1.807, 2.05) is 30.5 Å². The highest BCUT2D eigenvalue weighted by atomic mass is 35.5. The van der Waals surface area contributed by atoms with Crippen LogP contribution in [0.1, 0.15) is 83.7 Å². The van der Waals surface area contributed by atoms with Crippen molar-refractivity contribution >= 4 is 36.0 Å². The van der Waals surface area contributed by atoms with E-state index in [0.717, 1.165) is 29.0 Å². The smallest absolute Gasteiger partial charge is 0.116 e. The molecule has 7 rings (SSSR count). The average Bonchev–Trinajstić information content (AvgIpc) is 3.27. The number of halogens is 1. The van der Waals surface area contributed by atoms with Crippen LogP contribution in [-0.4, -0.2) is 36.9 Å². The van der Waals surface area contributed by atoms with E-state index in [1.165, 1.54) is 81.8 Å². The van der Waals surface area contributed by atoms with Gasteiger partial charge in [0.1, 0.15) is 5.75 Å². The van der Waals surface area contributed by atoms with Crippen LogP contribution < -0.4 is 10.4 Å². The molecule has 0 bridgehead atoms. The molecule has 0 amide bonds. The first-order valence-corrected chi connectivity index (χ1v) is 17.2. The molecule has 3 aliphatic rings. The molecule has 3 atom stereocenters. The summed E-state index contributed by atoms with van der Waals surface area (Å²) in [5.74, 6) is 0.988. The van der Waals surface area contributed by atoms with Crippen molar-refractivity contribution in [1.82, 2.24) is 4.90 Å². The van der Waals surface area contributed by atoms with Gasteiger partial charge in [-0.15, -0.1) is 0 Å². The Morgan fingerprint density at radius 3 is 2.48 bits per heavy atom. The number of hydrogen-bond acceptors (Lipinski definition) is 3. The van der Waals surface area contributed by atoms with E-state index >= 15 is 0 Å². The molecular weight excluding hydrogens is 584 g/mol. The highest BCUT2D eigenvalue weighted by Crippen LogP contribution is 2.40. The zero-order valence-electron chi connectivity index (χ0n) is 26.9. The van der Waals surface area contributed by atoms with Crippen molar-refractivity contribution in [2.75, 3.05) is 20.6 Å². The third kappa shape index (κ3) is 6.24. The van der Waals surface area contributed by atoms with E-state index in [2.05, 4.69) is 90.9 Å². The fourth-order valence-electron chi connectivity index (χ4n) is 7.87. The second-order valence-corrected chi connectivity index (χ2v) is 14.0. The van der Waals surface area contributed by atoms with Crippen LogP contribution >= 0.6 is 11.6 Å². The predicted octanol–water partition coefficient (Wildman–Crippen LogP) is 8.30. The lowest BCUT2D eigenvalue weighted by molar-refractivity contribution is 0.384. The molecular formula is C42H43ClN2O. The summed E-state index contributed by atoms with van der Waals surface area (Å²) in [7, 11) is 4.33. The fourth-order valence-corrected chi connectivity index (χ4v) is 8.05. The summed E-state index contributed by atoms with van der Waals surface area (Å²) in [5.41, 5.74) is 7.64. The Hall–Kier alpha value is -3.92. The van der Waals surface area contributed by atoms with Gasteiger partial charge >= 0.3 is 0 Å². The van der Waals surface area contributed by atoms with Crippen molar-refractivity contribution in [2.24, 2.45) is 10.9 Å². The van der Waals surface area contributed by atoms with Crippen LogP contribution in [0, 0.1) is 16.4 Å². The molecule has 0 aromatic heterocycles. The summed E-state index contributed by atoms with van der Waals surface area (Å²) in [6.45, 7) is 1.18. The molecule has 0 saturated carbocycles. The van der Waals surface area contributed by atoms with Crippen LogP contribution in [0.2, 0.25) is 5.02 Å². The van der Waals surface area contributed by atoms with Crippen molar-refractivity contribution < 1.29 is 5.11 Å². The van der Waals surface area contributed by atoms with E-state index in [0.29, 0.717) is 5.92 Å². The van der Waals surface area contributed by atoms with Gasteiger partial charge in [0.05, 0.1) is 0 Å². The van der Waals surface area contributed by atoms with E-state index in [1.54, 1.807) is 6.07 Å². The van der Waals surface area contributed by atoms with E-state index < -0.39 is 0 Å². The Morgan fingerprint density at radius 2 is 1.63 bits per heavy atom. The maximum atomic E-state index is 10.3. The number of nitrogens with zero attached hydrogens (tertiary/aromatic N) is 2. The first-order chi connectivity index (χ1) is 22.5. The Morgan fingerprint density at radius 1 is 0.826 bits per heavy atom. The molecule has 234 valence electrons. The summed E-state index contributed by atoms with van der Waals surface area (Å²) in [6.07, 6.45) is 19.6. The van der Waals surface area contributed by atoms with Gasteiger partial charge in [0.25, 0.3) is 0 Å². The first-order valence-electron chi connectivity index (χ1n) is 16.9. The van der Waals surface area contributed by atoms with Crippen molar-refractivity contribution in [1.29, 1.82) is 0 Å². The number of unbranched alkanes of at least 4 members (excludes halogenated alkanes) is 3. The molecule has 2 aliphatic carbocycles. The number of phenols is 1. The SMILES string of the molecule is CN(C)CCCCCCC1CC=c2ccc3c(c2C1)C(c1ccccc1C1C=NC=Cc2cc(O)ccc21)C=c1cc(Cl)ccc1=3. The quantitative estimate of drug-likeness (QED) is 0.190. The van der Waals surface area contributed by atoms with Crippen molar-refractivity contribution in [2.45, 2.75) is 56.8 Å². The molecule has 1 heterocycles. The Kier molecular flexibility index (Phi) is 8.97. The van der Waals surface area contributed by atoms with Gasteiger partial charge in [0.2, 0.25) is 0 Å². The van der Waals surface area contributed by atoms with Crippen LogP contribution in [0.15, 0.2) is 84.0 Å². The summed E-state index contributed by atoms with van der Waals surface area (Å²) in [6, 6.07) is 25.6. The number of rotatable bonds is 9. The predicted molar refractivity (Wildman–Crippen MR) is 193 cm³/mol. The van der Waals surface area contributed by atoms with Gasteiger partial charge in [-0.1, -0.05) is 91.5 Å². The molecule has 0 spiro atoms. The topological polar surface area (TPSA) is 35.8 Å². The Balaban J connectivity index is 1.32. The van der Waals surface area contributed by atoms with Crippen molar-refractivity contribution in [3.63, 3.8) is 0 Å². The minimum absolute atomic E-state index is 0.0363. The molecule has 3 nitrogen and oxygen atoms in total. The monoisotopic (exact) mass is 626 g/mol. The number of aromatic hydroxyl groups is 1.